The Bertz CT molecular complexity index is 260. The molecule has 1 aliphatic heterocycles. The van der Waals surface area contributed by atoms with Gasteiger partial charge in [-0.15, -0.1) is 0 Å². The molecule has 0 aromatic carbocycles. The van der Waals surface area contributed by atoms with Crippen LogP contribution < -0.4 is 0 Å². The zero-order valence-electron chi connectivity index (χ0n) is 9.95. The maximum absolute atomic E-state index is 11.4. The lowest BCUT2D eigenvalue weighted by atomic mass is 9.98. The van der Waals surface area contributed by atoms with E-state index < -0.39 is 0 Å². The van der Waals surface area contributed by atoms with E-state index in [1.165, 1.54) is 7.11 Å². The molecular weight excluding hydrogens is 204 g/mol. The molecule has 0 aliphatic carbocycles. The van der Waals surface area contributed by atoms with Crippen molar-refractivity contribution in [3.63, 3.8) is 0 Å². The fourth-order valence-corrected chi connectivity index (χ4v) is 2.16. The van der Waals surface area contributed by atoms with Crippen LogP contribution in [0.25, 0.3) is 0 Å². The summed E-state index contributed by atoms with van der Waals surface area (Å²) in [5.41, 5.74) is 0. The van der Waals surface area contributed by atoms with Crippen LogP contribution in [0.5, 0.6) is 0 Å². The standard InChI is InChI=1S/C12H20N2O2/c1-16-12(15)11-6-5-9-14(10-11)8-4-2-3-7-13/h11H,2-6,8-10H2,1H3. The molecule has 0 N–H and O–H groups in total. The summed E-state index contributed by atoms with van der Waals surface area (Å²) in [6.45, 7) is 2.88. The van der Waals surface area contributed by atoms with Gasteiger partial charge in [-0.2, -0.15) is 5.26 Å². The summed E-state index contributed by atoms with van der Waals surface area (Å²) in [5.74, 6) is -0.0311. The molecule has 0 saturated carbocycles. The van der Waals surface area contributed by atoms with Gasteiger partial charge in [0.25, 0.3) is 0 Å². The number of hydrogen-bond donors (Lipinski definition) is 0. The van der Waals surface area contributed by atoms with Gasteiger partial charge in [0.2, 0.25) is 0 Å². The van der Waals surface area contributed by atoms with E-state index in [0.717, 1.165) is 45.3 Å². The number of nitriles is 1. The number of piperidine rings is 1. The number of likely N-dealkylation sites (tertiary alicyclic amines) is 1. The highest BCUT2D eigenvalue weighted by molar-refractivity contribution is 5.72. The monoisotopic (exact) mass is 224 g/mol. The molecule has 0 amide bonds. The van der Waals surface area contributed by atoms with E-state index in [-0.39, 0.29) is 11.9 Å². The first-order valence-electron chi connectivity index (χ1n) is 5.95. The second kappa shape index (κ2) is 7.24. The second-order valence-electron chi connectivity index (χ2n) is 4.28. The van der Waals surface area contributed by atoms with Crippen LogP contribution in [0.2, 0.25) is 0 Å². The van der Waals surface area contributed by atoms with Crippen molar-refractivity contribution in [2.75, 3.05) is 26.7 Å². The van der Waals surface area contributed by atoms with Crippen LogP contribution in [0.3, 0.4) is 0 Å². The normalized spacial score (nSPS) is 21.4. The third-order valence-electron chi connectivity index (χ3n) is 3.05. The van der Waals surface area contributed by atoms with Gasteiger partial charge in [0, 0.05) is 13.0 Å². The zero-order chi connectivity index (χ0) is 11.8. The van der Waals surface area contributed by atoms with Gasteiger partial charge in [-0.25, -0.2) is 0 Å². The molecule has 0 aromatic heterocycles. The Morgan fingerprint density at radius 1 is 1.56 bits per heavy atom. The van der Waals surface area contributed by atoms with Crippen molar-refractivity contribution in [1.29, 1.82) is 5.26 Å². The molecular formula is C12H20N2O2. The number of methoxy groups -OCH3 is 1. The smallest absolute Gasteiger partial charge is 0.309 e. The maximum Gasteiger partial charge on any atom is 0.309 e. The molecule has 0 aromatic rings. The average molecular weight is 224 g/mol. The molecule has 0 spiro atoms. The molecule has 1 fully saturated rings. The number of carbonyl (C=O) groups is 1. The lowest BCUT2D eigenvalue weighted by Crippen LogP contribution is -2.39. The number of carbonyl (C=O) groups excluding carboxylic acids is 1. The van der Waals surface area contributed by atoms with Gasteiger partial charge in [0.05, 0.1) is 19.1 Å². The first-order valence-corrected chi connectivity index (χ1v) is 5.95. The topological polar surface area (TPSA) is 53.3 Å². The Kier molecular flexibility index (Phi) is 5.87. The molecule has 1 heterocycles. The van der Waals surface area contributed by atoms with E-state index in [0.29, 0.717) is 6.42 Å². The lowest BCUT2D eigenvalue weighted by molar-refractivity contribution is -0.147. The second-order valence-corrected chi connectivity index (χ2v) is 4.28. The number of hydrogen-bond acceptors (Lipinski definition) is 4. The molecule has 4 nitrogen and oxygen atoms in total. The number of esters is 1. The summed E-state index contributed by atoms with van der Waals surface area (Å²) >= 11 is 0. The number of nitrogens with zero attached hydrogens (tertiary/aromatic N) is 2. The lowest BCUT2D eigenvalue weighted by Gasteiger charge is -2.31. The molecule has 1 rings (SSSR count). The van der Waals surface area contributed by atoms with Crippen molar-refractivity contribution in [2.24, 2.45) is 5.92 Å². The van der Waals surface area contributed by atoms with Crippen LogP contribution >= 0.6 is 0 Å². The minimum absolute atomic E-state index is 0.0507. The Balaban J connectivity index is 2.23. The molecule has 0 radical (unpaired) electrons. The molecule has 1 aliphatic rings. The largest absolute Gasteiger partial charge is 0.469 e. The highest BCUT2D eigenvalue weighted by Gasteiger charge is 2.25. The van der Waals surface area contributed by atoms with Crippen molar-refractivity contribution in [2.45, 2.75) is 32.1 Å². The van der Waals surface area contributed by atoms with Crippen molar-refractivity contribution >= 4 is 5.97 Å². The fraction of sp³-hybridized carbons (Fsp3) is 0.833. The van der Waals surface area contributed by atoms with Gasteiger partial charge in [0.1, 0.15) is 0 Å². The van der Waals surface area contributed by atoms with Gasteiger partial charge >= 0.3 is 5.97 Å². The van der Waals surface area contributed by atoms with Crippen LogP contribution in [0.4, 0.5) is 0 Å². The molecule has 1 atom stereocenters. The summed E-state index contributed by atoms with van der Waals surface area (Å²) in [6, 6.07) is 2.15. The van der Waals surface area contributed by atoms with Crippen molar-refractivity contribution in [1.82, 2.24) is 4.90 Å². The van der Waals surface area contributed by atoms with Crippen LogP contribution in [-0.2, 0) is 9.53 Å². The number of ether oxygens (including phenoxy) is 1. The number of rotatable bonds is 5. The van der Waals surface area contributed by atoms with E-state index in [1.807, 2.05) is 0 Å². The highest BCUT2D eigenvalue weighted by Crippen LogP contribution is 2.18. The van der Waals surface area contributed by atoms with Gasteiger partial charge in [-0.3, -0.25) is 4.79 Å². The summed E-state index contributed by atoms with van der Waals surface area (Å²) in [7, 11) is 1.45. The quantitative estimate of drug-likeness (QED) is 0.525. The first-order chi connectivity index (χ1) is 7.77. The summed E-state index contributed by atoms with van der Waals surface area (Å²) in [6.07, 6.45) is 4.64. The van der Waals surface area contributed by atoms with Crippen molar-refractivity contribution in [3.8, 4) is 6.07 Å². The van der Waals surface area contributed by atoms with Crippen LogP contribution in [0.1, 0.15) is 32.1 Å². The Labute approximate surface area is 97.2 Å². The average Bonchev–Trinajstić information content (AvgIpc) is 2.34. The molecule has 90 valence electrons. The Morgan fingerprint density at radius 3 is 3.06 bits per heavy atom. The van der Waals surface area contributed by atoms with E-state index in [1.54, 1.807) is 0 Å². The van der Waals surface area contributed by atoms with E-state index >= 15 is 0 Å². The third-order valence-corrected chi connectivity index (χ3v) is 3.05. The summed E-state index contributed by atoms with van der Waals surface area (Å²) in [5, 5.41) is 8.43. The summed E-state index contributed by atoms with van der Waals surface area (Å²) in [4.78, 5) is 13.7. The van der Waals surface area contributed by atoms with Crippen molar-refractivity contribution in [3.05, 3.63) is 0 Å². The van der Waals surface area contributed by atoms with E-state index in [2.05, 4.69) is 11.0 Å². The first kappa shape index (κ1) is 13.0. The minimum atomic E-state index is -0.0817. The molecule has 4 heteroatoms. The molecule has 1 saturated heterocycles. The Hall–Kier alpha value is -1.08. The molecule has 16 heavy (non-hydrogen) atoms. The number of unbranched alkanes of at least 4 members (excludes halogenated alkanes) is 2. The highest BCUT2D eigenvalue weighted by atomic mass is 16.5. The molecule has 1 unspecified atom stereocenters. The van der Waals surface area contributed by atoms with Gasteiger partial charge in [-0.1, -0.05) is 0 Å². The minimum Gasteiger partial charge on any atom is -0.469 e. The maximum atomic E-state index is 11.4. The van der Waals surface area contributed by atoms with Gasteiger partial charge in [-0.05, 0) is 38.8 Å². The summed E-state index contributed by atoms with van der Waals surface area (Å²) < 4.78 is 4.77. The predicted molar refractivity (Wildman–Crippen MR) is 60.6 cm³/mol. The van der Waals surface area contributed by atoms with Gasteiger partial charge < -0.3 is 9.64 Å². The predicted octanol–water partition coefficient (Wildman–Crippen LogP) is 1.57. The van der Waals surface area contributed by atoms with E-state index in [9.17, 15) is 4.79 Å². The van der Waals surface area contributed by atoms with E-state index in [4.69, 9.17) is 10.00 Å². The Morgan fingerprint density at radius 2 is 2.38 bits per heavy atom. The molecule has 0 bridgehead atoms. The fourth-order valence-electron chi connectivity index (χ4n) is 2.16. The van der Waals surface area contributed by atoms with Crippen LogP contribution in [0, 0.1) is 17.2 Å². The third kappa shape index (κ3) is 4.19. The SMILES string of the molecule is COC(=O)C1CCCN(CCCCC#N)C1. The zero-order valence-corrected chi connectivity index (χ0v) is 9.95. The van der Waals surface area contributed by atoms with Gasteiger partial charge in [0.15, 0.2) is 0 Å². The van der Waals surface area contributed by atoms with Crippen LogP contribution in [0.15, 0.2) is 0 Å². The van der Waals surface area contributed by atoms with Crippen molar-refractivity contribution < 1.29 is 9.53 Å². The van der Waals surface area contributed by atoms with Crippen LogP contribution in [-0.4, -0.2) is 37.6 Å².